The Labute approximate surface area is 183 Å². The van der Waals surface area contributed by atoms with Crippen LogP contribution in [0.5, 0.6) is 0 Å². The SMILES string of the molecule is C=C/C(=C/C)CC1CCN(C2CCN(C(=O)OCC3CCC4CCCN43)CC2)CC1. The maximum atomic E-state index is 12.6. The van der Waals surface area contributed by atoms with E-state index in [1.54, 1.807) is 0 Å². The Balaban J connectivity index is 1.15. The highest BCUT2D eigenvalue weighted by molar-refractivity contribution is 5.67. The summed E-state index contributed by atoms with van der Waals surface area (Å²) in [5.74, 6) is 0.798. The molecule has 0 radical (unpaired) electrons. The van der Waals surface area contributed by atoms with Gasteiger partial charge in [-0.25, -0.2) is 4.79 Å². The van der Waals surface area contributed by atoms with Gasteiger partial charge in [-0.3, -0.25) is 4.90 Å². The molecule has 0 aromatic carbocycles. The second-order valence-electron chi connectivity index (χ2n) is 9.81. The number of allylic oxidation sites excluding steroid dienone is 3. The van der Waals surface area contributed by atoms with Crippen molar-refractivity contribution in [1.82, 2.24) is 14.7 Å². The van der Waals surface area contributed by atoms with Crippen LogP contribution in [0.4, 0.5) is 4.79 Å². The molecule has 2 atom stereocenters. The van der Waals surface area contributed by atoms with Crippen molar-refractivity contribution in [1.29, 1.82) is 0 Å². The number of fused-ring (bicyclic) bond motifs is 1. The van der Waals surface area contributed by atoms with Gasteiger partial charge in [0.25, 0.3) is 0 Å². The second-order valence-corrected chi connectivity index (χ2v) is 9.81. The number of hydrogen-bond acceptors (Lipinski definition) is 4. The van der Waals surface area contributed by atoms with Crippen LogP contribution in [0, 0.1) is 5.92 Å². The van der Waals surface area contributed by atoms with Crippen molar-refractivity contribution in [3.8, 4) is 0 Å². The fourth-order valence-electron chi connectivity index (χ4n) is 6.23. The van der Waals surface area contributed by atoms with Gasteiger partial charge in [0.2, 0.25) is 0 Å². The minimum Gasteiger partial charge on any atom is -0.448 e. The molecule has 4 heterocycles. The monoisotopic (exact) mass is 415 g/mol. The molecule has 4 aliphatic heterocycles. The number of amides is 1. The zero-order valence-electron chi connectivity index (χ0n) is 18.9. The first-order valence-corrected chi connectivity index (χ1v) is 12.4. The number of hydrogen-bond donors (Lipinski definition) is 0. The highest BCUT2D eigenvalue weighted by Gasteiger charge is 2.37. The van der Waals surface area contributed by atoms with Gasteiger partial charge < -0.3 is 14.5 Å². The Hall–Kier alpha value is -1.33. The Morgan fingerprint density at radius 3 is 2.43 bits per heavy atom. The third-order valence-electron chi connectivity index (χ3n) is 8.17. The largest absolute Gasteiger partial charge is 0.448 e. The molecule has 4 aliphatic rings. The molecule has 0 aromatic heterocycles. The third-order valence-corrected chi connectivity index (χ3v) is 8.17. The van der Waals surface area contributed by atoms with Gasteiger partial charge in [-0.1, -0.05) is 24.3 Å². The van der Waals surface area contributed by atoms with E-state index < -0.39 is 0 Å². The highest BCUT2D eigenvalue weighted by atomic mass is 16.6. The molecule has 0 aliphatic carbocycles. The van der Waals surface area contributed by atoms with Crippen LogP contribution in [0.1, 0.15) is 64.7 Å². The van der Waals surface area contributed by atoms with Crippen LogP contribution in [0.2, 0.25) is 0 Å². The van der Waals surface area contributed by atoms with E-state index in [1.807, 2.05) is 11.0 Å². The van der Waals surface area contributed by atoms with E-state index in [-0.39, 0.29) is 6.09 Å². The average Bonchev–Trinajstić information content (AvgIpc) is 3.41. The number of nitrogens with zero attached hydrogens (tertiary/aromatic N) is 3. The standard InChI is InChI=1S/C25H41N3O2/c1-3-20(4-2)18-21-9-14-26(15-10-21)22-11-16-27(17-12-22)25(29)30-19-24-8-7-23-6-5-13-28(23)24/h3-4,21-24H,1,5-19H2,2H3/b20-4-. The van der Waals surface area contributed by atoms with Gasteiger partial charge >= 0.3 is 6.09 Å². The van der Waals surface area contributed by atoms with Crippen molar-refractivity contribution < 1.29 is 9.53 Å². The van der Waals surface area contributed by atoms with Gasteiger partial charge in [-0.05, 0) is 90.3 Å². The molecule has 4 fully saturated rings. The smallest absolute Gasteiger partial charge is 0.409 e. The average molecular weight is 416 g/mol. The predicted molar refractivity (Wildman–Crippen MR) is 122 cm³/mol. The first-order valence-electron chi connectivity index (χ1n) is 12.4. The fourth-order valence-corrected chi connectivity index (χ4v) is 6.23. The Morgan fingerprint density at radius 2 is 1.73 bits per heavy atom. The maximum Gasteiger partial charge on any atom is 0.409 e. The van der Waals surface area contributed by atoms with Gasteiger partial charge in [0.05, 0.1) is 0 Å². The number of carbonyl (C=O) groups excluding carboxylic acids is 1. The molecule has 30 heavy (non-hydrogen) atoms. The number of likely N-dealkylation sites (tertiary alicyclic amines) is 2. The first kappa shape index (κ1) is 21.9. The molecule has 1 amide bonds. The summed E-state index contributed by atoms with van der Waals surface area (Å²) in [4.78, 5) is 19.8. The molecule has 4 rings (SSSR count). The maximum absolute atomic E-state index is 12.6. The van der Waals surface area contributed by atoms with Crippen molar-refractivity contribution >= 4 is 6.09 Å². The van der Waals surface area contributed by atoms with E-state index in [1.165, 1.54) is 70.2 Å². The molecule has 0 N–H and O–H groups in total. The van der Waals surface area contributed by atoms with Crippen LogP contribution in [-0.2, 0) is 4.74 Å². The summed E-state index contributed by atoms with van der Waals surface area (Å²) in [6, 6.07) is 1.86. The molecule has 2 unspecified atom stereocenters. The Kier molecular flexibility index (Phi) is 7.53. The lowest BCUT2D eigenvalue weighted by molar-refractivity contribution is 0.0483. The molecule has 0 aromatic rings. The molecule has 168 valence electrons. The Bertz CT molecular complexity index is 618. The van der Waals surface area contributed by atoms with Crippen LogP contribution in [-0.4, -0.2) is 78.2 Å². The van der Waals surface area contributed by atoms with Gasteiger partial charge in [0, 0.05) is 31.2 Å². The summed E-state index contributed by atoms with van der Waals surface area (Å²) in [6.07, 6.45) is 15.2. The second kappa shape index (κ2) is 10.3. The zero-order valence-corrected chi connectivity index (χ0v) is 18.9. The van der Waals surface area contributed by atoms with Crippen molar-refractivity contribution in [3.63, 3.8) is 0 Å². The summed E-state index contributed by atoms with van der Waals surface area (Å²) in [7, 11) is 0. The summed E-state index contributed by atoms with van der Waals surface area (Å²) in [5, 5.41) is 0. The van der Waals surface area contributed by atoms with Gasteiger partial charge in [0.1, 0.15) is 6.61 Å². The summed E-state index contributed by atoms with van der Waals surface area (Å²) >= 11 is 0. The number of piperidine rings is 2. The molecule has 0 bridgehead atoms. The molecule has 0 spiro atoms. The molecule has 5 heteroatoms. The van der Waals surface area contributed by atoms with E-state index in [0.29, 0.717) is 18.7 Å². The van der Waals surface area contributed by atoms with E-state index >= 15 is 0 Å². The summed E-state index contributed by atoms with van der Waals surface area (Å²) < 4.78 is 5.74. The van der Waals surface area contributed by atoms with E-state index in [4.69, 9.17) is 4.74 Å². The molecular weight excluding hydrogens is 374 g/mol. The highest BCUT2D eigenvalue weighted by Crippen LogP contribution is 2.33. The van der Waals surface area contributed by atoms with Crippen molar-refractivity contribution in [2.45, 2.75) is 82.8 Å². The van der Waals surface area contributed by atoms with Gasteiger partial charge in [-0.2, -0.15) is 0 Å². The van der Waals surface area contributed by atoms with Crippen LogP contribution in [0.15, 0.2) is 24.3 Å². The van der Waals surface area contributed by atoms with Crippen molar-refractivity contribution in [3.05, 3.63) is 24.3 Å². The third kappa shape index (κ3) is 5.11. The molecular formula is C25H41N3O2. The van der Waals surface area contributed by atoms with Crippen molar-refractivity contribution in [2.75, 3.05) is 39.3 Å². The Morgan fingerprint density at radius 1 is 0.967 bits per heavy atom. The molecule has 5 nitrogen and oxygen atoms in total. The quantitative estimate of drug-likeness (QED) is 0.601. The predicted octanol–water partition coefficient (Wildman–Crippen LogP) is 4.45. The van der Waals surface area contributed by atoms with Gasteiger partial charge in [0.15, 0.2) is 0 Å². The lowest BCUT2D eigenvalue weighted by Crippen LogP contribution is -2.49. The van der Waals surface area contributed by atoms with E-state index in [0.717, 1.165) is 37.9 Å². The summed E-state index contributed by atoms with van der Waals surface area (Å²) in [5.41, 5.74) is 1.39. The van der Waals surface area contributed by atoms with Crippen LogP contribution in [0.3, 0.4) is 0 Å². The first-order chi connectivity index (χ1) is 14.7. The minimum atomic E-state index is -0.0851. The zero-order chi connectivity index (χ0) is 20.9. The lowest BCUT2D eigenvalue weighted by atomic mass is 9.88. The van der Waals surface area contributed by atoms with Crippen molar-refractivity contribution in [2.24, 2.45) is 5.92 Å². The van der Waals surface area contributed by atoms with E-state index in [9.17, 15) is 4.79 Å². The van der Waals surface area contributed by atoms with Crippen LogP contribution < -0.4 is 0 Å². The fraction of sp³-hybridized carbons (Fsp3) is 0.800. The minimum absolute atomic E-state index is 0.0851. The number of carbonyl (C=O) groups is 1. The van der Waals surface area contributed by atoms with Crippen LogP contribution in [0.25, 0.3) is 0 Å². The van der Waals surface area contributed by atoms with E-state index in [2.05, 4.69) is 29.4 Å². The summed E-state index contributed by atoms with van der Waals surface area (Å²) in [6.45, 7) is 11.9. The topological polar surface area (TPSA) is 36.0 Å². The molecule has 4 saturated heterocycles. The number of rotatable bonds is 6. The van der Waals surface area contributed by atoms with Gasteiger partial charge in [-0.15, -0.1) is 0 Å². The lowest BCUT2D eigenvalue weighted by Gasteiger charge is -2.41. The van der Waals surface area contributed by atoms with Crippen LogP contribution >= 0.6 is 0 Å². The molecule has 0 saturated carbocycles. The normalized spacial score (nSPS) is 29.9. The number of ether oxygens (including phenoxy) is 1.